The Kier molecular flexibility index (Phi) is 2.73. The van der Waals surface area contributed by atoms with Crippen LogP contribution in [0.5, 0.6) is 0 Å². The summed E-state index contributed by atoms with van der Waals surface area (Å²) in [5, 5.41) is 12.4. The molecule has 2 N–H and O–H groups in total. The van der Waals surface area contributed by atoms with Gasteiger partial charge in [0.15, 0.2) is 0 Å². The Morgan fingerprint density at radius 3 is 2.50 bits per heavy atom. The fourth-order valence-electron chi connectivity index (χ4n) is 1.22. The molecule has 0 atom stereocenters. The predicted molar refractivity (Wildman–Crippen MR) is 46.6 cm³/mol. The first-order valence-corrected chi connectivity index (χ1v) is 4.54. The third kappa shape index (κ3) is 2.21. The van der Waals surface area contributed by atoms with Gasteiger partial charge in [0.05, 0.1) is 5.60 Å². The molecule has 0 heterocycles. The van der Waals surface area contributed by atoms with E-state index in [1.165, 1.54) is 0 Å². The van der Waals surface area contributed by atoms with Gasteiger partial charge >= 0.3 is 0 Å². The van der Waals surface area contributed by atoms with Crippen LogP contribution in [0.2, 0.25) is 0 Å². The molecule has 1 amide bonds. The first kappa shape index (κ1) is 9.52. The van der Waals surface area contributed by atoms with Crippen LogP contribution in [-0.2, 0) is 4.79 Å². The molecule has 1 rings (SSSR count). The Labute approximate surface area is 73.2 Å². The summed E-state index contributed by atoms with van der Waals surface area (Å²) in [5.74, 6) is 0.0315. The molecule has 3 nitrogen and oxygen atoms in total. The van der Waals surface area contributed by atoms with E-state index in [1.54, 1.807) is 0 Å². The van der Waals surface area contributed by atoms with E-state index in [9.17, 15) is 9.90 Å². The molecule has 0 aromatic carbocycles. The van der Waals surface area contributed by atoms with Crippen LogP contribution in [-0.4, -0.2) is 23.2 Å². The largest absolute Gasteiger partial charge is 0.388 e. The Morgan fingerprint density at radius 1 is 1.58 bits per heavy atom. The summed E-state index contributed by atoms with van der Waals surface area (Å²) in [6.07, 6.45) is 2.73. The fraction of sp³-hybridized carbons (Fsp3) is 0.889. The molecule has 1 aliphatic carbocycles. The van der Waals surface area contributed by atoms with E-state index >= 15 is 0 Å². The summed E-state index contributed by atoms with van der Waals surface area (Å²) in [6, 6.07) is 0. The Hall–Kier alpha value is -0.570. The summed E-state index contributed by atoms with van der Waals surface area (Å²) in [6.45, 7) is 4.12. The van der Waals surface area contributed by atoms with E-state index in [2.05, 4.69) is 5.32 Å². The van der Waals surface area contributed by atoms with Gasteiger partial charge in [0.25, 0.3) is 0 Å². The van der Waals surface area contributed by atoms with Gasteiger partial charge in [0.1, 0.15) is 0 Å². The summed E-state index contributed by atoms with van der Waals surface area (Å²) < 4.78 is 0. The van der Waals surface area contributed by atoms with E-state index in [1.807, 2.05) is 13.8 Å². The SMILES string of the molecule is CC(C)C(=O)NCC1(O)CCC1. The molecule has 0 saturated heterocycles. The maximum Gasteiger partial charge on any atom is 0.222 e. The lowest BCUT2D eigenvalue weighted by molar-refractivity contribution is -0.126. The van der Waals surface area contributed by atoms with Gasteiger partial charge in [-0.1, -0.05) is 13.8 Å². The monoisotopic (exact) mass is 171 g/mol. The third-order valence-electron chi connectivity index (χ3n) is 2.40. The molecule has 1 saturated carbocycles. The topological polar surface area (TPSA) is 49.3 Å². The Balaban J connectivity index is 2.21. The van der Waals surface area contributed by atoms with E-state index < -0.39 is 5.60 Å². The van der Waals surface area contributed by atoms with Crippen molar-refractivity contribution in [3.8, 4) is 0 Å². The van der Waals surface area contributed by atoms with Crippen LogP contribution in [0.3, 0.4) is 0 Å². The van der Waals surface area contributed by atoms with E-state index in [0.29, 0.717) is 6.54 Å². The number of carbonyl (C=O) groups is 1. The van der Waals surface area contributed by atoms with Crippen molar-refractivity contribution in [1.82, 2.24) is 5.32 Å². The van der Waals surface area contributed by atoms with Gasteiger partial charge in [-0.2, -0.15) is 0 Å². The van der Waals surface area contributed by atoms with Crippen molar-refractivity contribution in [3.05, 3.63) is 0 Å². The number of hydrogen-bond donors (Lipinski definition) is 2. The number of aliphatic hydroxyl groups is 1. The zero-order chi connectivity index (χ0) is 9.19. The van der Waals surface area contributed by atoms with Gasteiger partial charge in [-0.15, -0.1) is 0 Å². The zero-order valence-corrected chi connectivity index (χ0v) is 7.76. The highest BCUT2D eigenvalue weighted by Gasteiger charge is 2.34. The molecule has 0 radical (unpaired) electrons. The average molecular weight is 171 g/mol. The molecular formula is C9H17NO2. The highest BCUT2D eigenvalue weighted by atomic mass is 16.3. The van der Waals surface area contributed by atoms with E-state index in [0.717, 1.165) is 19.3 Å². The molecule has 1 aliphatic rings. The van der Waals surface area contributed by atoms with Crippen LogP contribution in [0.1, 0.15) is 33.1 Å². The minimum absolute atomic E-state index is 0.00803. The molecule has 12 heavy (non-hydrogen) atoms. The third-order valence-corrected chi connectivity index (χ3v) is 2.40. The van der Waals surface area contributed by atoms with Gasteiger partial charge in [-0.05, 0) is 19.3 Å². The van der Waals surface area contributed by atoms with Crippen LogP contribution < -0.4 is 5.32 Å². The van der Waals surface area contributed by atoms with Crippen LogP contribution >= 0.6 is 0 Å². The van der Waals surface area contributed by atoms with Crippen molar-refractivity contribution in [3.63, 3.8) is 0 Å². The second-order valence-corrected chi connectivity index (χ2v) is 3.95. The normalized spacial score (nSPS) is 20.3. The van der Waals surface area contributed by atoms with Crippen molar-refractivity contribution in [2.45, 2.75) is 38.7 Å². The molecule has 70 valence electrons. The highest BCUT2D eigenvalue weighted by Crippen LogP contribution is 2.30. The molecule has 1 fully saturated rings. The number of nitrogens with one attached hydrogen (secondary N) is 1. The van der Waals surface area contributed by atoms with Crippen LogP contribution in [0.4, 0.5) is 0 Å². The van der Waals surface area contributed by atoms with Crippen LogP contribution in [0, 0.1) is 5.92 Å². The standard InChI is InChI=1S/C9H17NO2/c1-7(2)8(11)10-6-9(12)4-3-5-9/h7,12H,3-6H2,1-2H3,(H,10,11). The Morgan fingerprint density at radius 2 is 2.17 bits per heavy atom. The summed E-state index contributed by atoms with van der Waals surface area (Å²) in [5.41, 5.74) is -0.593. The lowest BCUT2D eigenvalue weighted by atomic mass is 9.80. The summed E-state index contributed by atoms with van der Waals surface area (Å²) in [7, 11) is 0. The van der Waals surface area contributed by atoms with E-state index in [4.69, 9.17) is 0 Å². The molecule has 0 aromatic rings. The molecule has 0 spiro atoms. The second kappa shape index (κ2) is 3.44. The molecule has 0 bridgehead atoms. The number of carbonyl (C=O) groups excluding carboxylic acids is 1. The molecule has 3 heteroatoms. The minimum Gasteiger partial charge on any atom is -0.388 e. The first-order chi connectivity index (χ1) is 5.53. The van der Waals surface area contributed by atoms with Gasteiger partial charge < -0.3 is 10.4 Å². The summed E-state index contributed by atoms with van der Waals surface area (Å²) in [4.78, 5) is 11.1. The number of hydrogen-bond acceptors (Lipinski definition) is 2. The highest BCUT2D eigenvalue weighted by molar-refractivity contribution is 5.77. The van der Waals surface area contributed by atoms with Crippen LogP contribution in [0.15, 0.2) is 0 Å². The zero-order valence-electron chi connectivity index (χ0n) is 7.76. The molecular weight excluding hydrogens is 154 g/mol. The second-order valence-electron chi connectivity index (χ2n) is 3.95. The lowest BCUT2D eigenvalue weighted by Gasteiger charge is -2.36. The fourth-order valence-corrected chi connectivity index (χ4v) is 1.22. The van der Waals surface area contributed by atoms with Crippen molar-refractivity contribution in [1.29, 1.82) is 0 Å². The minimum atomic E-state index is -0.593. The number of amides is 1. The first-order valence-electron chi connectivity index (χ1n) is 4.54. The van der Waals surface area contributed by atoms with Gasteiger partial charge in [-0.3, -0.25) is 4.79 Å². The molecule has 0 aromatic heterocycles. The maximum absolute atomic E-state index is 11.1. The van der Waals surface area contributed by atoms with Crippen molar-refractivity contribution < 1.29 is 9.90 Å². The average Bonchev–Trinajstić information content (AvgIpc) is 1.96. The predicted octanol–water partition coefficient (Wildman–Crippen LogP) is 0.674. The van der Waals surface area contributed by atoms with Crippen molar-refractivity contribution in [2.75, 3.05) is 6.54 Å². The number of rotatable bonds is 3. The summed E-state index contributed by atoms with van der Waals surface area (Å²) >= 11 is 0. The molecule has 0 unspecified atom stereocenters. The quantitative estimate of drug-likeness (QED) is 0.656. The van der Waals surface area contributed by atoms with E-state index in [-0.39, 0.29) is 11.8 Å². The maximum atomic E-state index is 11.1. The van der Waals surface area contributed by atoms with Gasteiger partial charge in [-0.25, -0.2) is 0 Å². The van der Waals surface area contributed by atoms with Crippen molar-refractivity contribution in [2.24, 2.45) is 5.92 Å². The van der Waals surface area contributed by atoms with Crippen LogP contribution in [0.25, 0.3) is 0 Å². The smallest absolute Gasteiger partial charge is 0.222 e. The van der Waals surface area contributed by atoms with Crippen molar-refractivity contribution >= 4 is 5.91 Å². The van der Waals surface area contributed by atoms with Gasteiger partial charge in [0, 0.05) is 12.5 Å². The molecule has 0 aliphatic heterocycles. The van der Waals surface area contributed by atoms with Gasteiger partial charge in [0.2, 0.25) is 5.91 Å². The lowest BCUT2D eigenvalue weighted by Crippen LogP contribution is -2.48. The Bertz CT molecular complexity index is 173.